The Morgan fingerprint density at radius 3 is 2.88 bits per heavy atom. The number of carboxylic acid groups (broad SMARTS) is 1. The van der Waals surface area contributed by atoms with Gasteiger partial charge in [-0.05, 0) is 67.9 Å². The van der Waals surface area contributed by atoms with Crippen LogP contribution < -0.4 is 4.74 Å². The van der Waals surface area contributed by atoms with Gasteiger partial charge in [0.25, 0.3) is 0 Å². The minimum atomic E-state index is -0.792. The zero-order valence-corrected chi connectivity index (χ0v) is 13.8. The van der Waals surface area contributed by atoms with Gasteiger partial charge in [-0.25, -0.2) is 0 Å². The van der Waals surface area contributed by atoms with Gasteiger partial charge in [-0.15, -0.1) is 0 Å². The number of carbonyl (C=O) groups is 1. The number of hydrogen-bond donors (Lipinski definition) is 2. The maximum absolute atomic E-state index is 11.1. The van der Waals surface area contributed by atoms with Crippen LogP contribution in [0, 0.1) is 11.8 Å². The van der Waals surface area contributed by atoms with Crippen molar-refractivity contribution < 1.29 is 19.7 Å². The van der Waals surface area contributed by atoms with Crippen molar-refractivity contribution in [2.75, 3.05) is 7.11 Å². The molecule has 1 aliphatic rings. The summed E-state index contributed by atoms with van der Waals surface area (Å²) in [5.74, 6) is -0.227. The van der Waals surface area contributed by atoms with Crippen LogP contribution in [0.2, 0.25) is 0 Å². The molecule has 2 aromatic rings. The third-order valence-corrected chi connectivity index (χ3v) is 5.13. The highest BCUT2D eigenvalue weighted by Gasteiger charge is 2.32. The molecule has 0 radical (unpaired) electrons. The first-order valence-electron chi connectivity index (χ1n) is 8.41. The SMILES string of the molecule is COc1ccc2nccc(CCC3CCC(C(=O)O)CC3O)c2c1. The number of methoxy groups -OCH3 is 1. The number of aliphatic hydroxyl groups is 1. The number of aliphatic carboxylic acids is 1. The number of aromatic nitrogens is 1. The zero-order valence-electron chi connectivity index (χ0n) is 13.8. The normalized spacial score (nSPS) is 24.0. The predicted octanol–water partition coefficient (Wildman–Crippen LogP) is 3.04. The van der Waals surface area contributed by atoms with Gasteiger partial charge in [0.2, 0.25) is 0 Å². The van der Waals surface area contributed by atoms with Gasteiger partial charge in [0.05, 0.1) is 24.6 Å². The van der Waals surface area contributed by atoms with Crippen LogP contribution in [0.15, 0.2) is 30.5 Å². The highest BCUT2D eigenvalue weighted by atomic mass is 16.5. The zero-order chi connectivity index (χ0) is 17.1. The summed E-state index contributed by atoms with van der Waals surface area (Å²) < 4.78 is 5.30. The van der Waals surface area contributed by atoms with E-state index in [0.717, 1.165) is 35.9 Å². The molecule has 0 spiro atoms. The van der Waals surface area contributed by atoms with Crippen LogP contribution in [0.5, 0.6) is 5.75 Å². The maximum atomic E-state index is 11.1. The Morgan fingerprint density at radius 1 is 1.33 bits per heavy atom. The largest absolute Gasteiger partial charge is 0.497 e. The van der Waals surface area contributed by atoms with Gasteiger partial charge < -0.3 is 14.9 Å². The van der Waals surface area contributed by atoms with E-state index < -0.39 is 18.0 Å². The molecule has 3 rings (SSSR count). The molecule has 24 heavy (non-hydrogen) atoms. The van der Waals surface area contributed by atoms with Gasteiger partial charge in [0.1, 0.15) is 5.75 Å². The van der Waals surface area contributed by atoms with Crippen LogP contribution in [0.3, 0.4) is 0 Å². The maximum Gasteiger partial charge on any atom is 0.306 e. The number of rotatable bonds is 5. The lowest BCUT2D eigenvalue weighted by molar-refractivity contribution is -0.145. The topological polar surface area (TPSA) is 79.7 Å². The number of aliphatic hydroxyl groups excluding tert-OH is 1. The minimum Gasteiger partial charge on any atom is -0.497 e. The van der Waals surface area contributed by atoms with Gasteiger partial charge in [-0.2, -0.15) is 0 Å². The highest BCUT2D eigenvalue weighted by Crippen LogP contribution is 2.33. The van der Waals surface area contributed by atoms with Gasteiger partial charge in [-0.1, -0.05) is 0 Å². The molecule has 1 saturated carbocycles. The molecule has 128 valence electrons. The van der Waals surface area contributed by atoms with Crippen LogP contribution in [0.4, 0.5) is 0 Å². The van der Waals surface area contributed by atoms with Crippen LogP contribution >= 0.6 is 0 Å². The highest BCUT2D eigenvalue weighted by molar-refractivity contribution is 5.83. The van der Waals surface area contributed by atoms with E-state index in [1.807, 2.05) is 30.5 Å². The van der Waals surface area contributed by atoms with Crippen molar-refractivity contribution in [2.24, 2.45) is 11.8 Å². The van der Waals surface area contributed by atoms with Crippen molar-refractivity contribution in [1.29, 1.82) is 0 Å². The van der Waals surface area contributed by atoms with Crippen molar-refractivity contribution >= 4 is 16.9 Å². The van der Waals surface area contributed by atoms with Crippen molar-refractivity contribution in [2.45, 2.75) is 38.2 Å². The van der Waals surface area contributed by atoms with Crippen LogP contribution in [0.1, 0.15) is 31.2 Å². The standard InChI is InChI=1S/C19H23NO4/c1-24-15-6-7-17-16(11-15)12(8-9-20-17)2-3-13-4-5-14(19(22)23)10-18(13)21/h6-9,11,13-14,18,21H,2-5,10H2,1H3,(H,22,23). The van der Waals surface area contributed by atoms with E-state index >= 15 is 0 Å². The van der Waals surface area contributed by atoms with Gasteiger partial charge in [0, 0.05) is 11.6 Å². The first kappa shape index (κ1) is 16.7. The summed E-state index contributed by atoms with van der Waals surface area (Å²) in [6, 6.07) is 7.85. The second-order valence-corrected chi connectivity index (χ2v) is 6.57. The number of hydrogen-bond acceptors (Lipinski definition) is 4. The molecule has 5 heteroatoms. The van der Waals surface area contributed by atoms with Crippen LogP contribution in [-0.2, 0) is 11.2 Å². The molecule has 2 N–H and O–H groups in total. The molecule has 1 aliphatic carbocycles. The average Bonchev–Trinajstić information content (AvgIpc) is 2.60. The Kier molecular flexibility index (Phi) is 5.00. The molecule has 1 aromatic carbocycles. The van der Waals surface area contributed by atoms with E-state index in [-0.39, 0.29) is 5.92 Å². The molecule has 0 bridgehead atoms. The summed E-state index contributed by atoms with van der Waals surface area (Å²) in [5.41, 5.74) is 2.12. The van der Waals surface area contributed by atoms with Crippen LogP contribution in [-0.4, -0.2) is 34.4 Å². The van der Waals surface area contributed by atoms with E-state index in [1.165, 1.54) is 5.56 Å². The summed E-state index contributed by atoms with van der Waals surface area (Å²) in [6.45, 7) is 0. The lowest BCUT2D eigenvalue weighted by Crippen LogP contribution is -2.33. The number of carboxylic acids is 1. The fourth-order valence-corrected chi connectivity index (χ4v) is 3.64. The van der Waals surface area contributed by atoms with Gasteiger partial charge >= 0.3 is 5.97 Å². The lowest BCUT2D eigenvalue weighted by Gasteiger charge is -2.31. The molecule has 0 saturated heterocycles. The molecule has 3 unspecified atom stereocenters. The third-order valence-electron chi connectivity index (χ3n) is 5.13. The molecule has 1 fully saturated rings. The van der Waals surface area contributed by atoms with Gasteiger partial charge in [-0.3, -0.25) is 9.78 Å². The Hall–Kier alpha value is -2.14. The van der Waals surface area contributed by atoms with E-state index in [1.54, 1.807) is 7.11 Å². The molecule has 0 aliphatic heterocycles. The third kappa shape index (κ3) is 3.51. The quantitative estimate of drug-likeness (QED) is 0.881. The Morgan fingerprint density at radius 2 is 2.17 bits per heavy atom. The van der Waals surface area contributed by atoms with Crippen molar-refractivity contribution in [3.63, 3.8) is 0 Å². The number of ether oxygens (including phenoxy) is 1. The number of benzene rings is 1. The molecule has 5 nitrogen and oxygen atoms in total. The number of aryl methyl sites for hydroxylation is 1. The summed E-state index contributed by atoms with van der Waals surface area (Å²) in [7, 11) is 1.65. The molecular weight excluding hydrogens is 306 g/mol. The molecule has 1 aromatic heterocycles. The summed E-state index contributed by atoms with van der Waals surface area (Å²) in [6.07, 6.45) is 4.76. The molecule has 0 amide bonds. The number of fused-ring (bicyclic) bond motifs is 1. The van der Waals surface area contributed by atoms with E-state index in [9.17, 15) is 9.90 Å². The van der Waals surface area contributed by atoms with Crippen molar-refractivity contribution in [1.82, 2.24) is 4.98 Å². The monoisotopic (exact) mass is 329 g/mol. The Bertz CT molecular complexity index is 730. The fraction of sp³-hybridized carbons (Fsp3) is 0.474. The van der Waals surface area contributed by atoms with Gasteiger partial charge in [0.15, 0.2) is 0 Å². The first-order chi connectivity index (χ1) is 11.6. The second-order valence-electron chi connectivity index (χ2n) is 6.57. The Balaban J connectivity index is 1.71. The average molecular weight is 329 g/mol. The van der Waals surface area contributed by atoms with Crippen molar-refractivity contribution in [3.8, 4) is 5.75 Å². The van der Waals surface area contributed by atoms with E-state index in [0.29, 0.717) is 12.8 Å². The summed E-state index contributed by atoms with van der Waals surface area (Å²) in [5, 5.41) is 20.4. The minimum absolute atomic E-state index is 0.162. The van der Waals surface area contributed by atoms with Crippen LogP contribution in [0.25, 0.3) is 10.9 Å². The van der Waals surface area contributed by atoms with E-state index in [2.05, 4.69) is 4.98 Å². The summed E-state index contributed by atoms with van der Waals surface area (Å²) >= 11 is 0. The number of pyridine rings is 1. The summed E-state index contributed by atoms with van der Waals surface area (Å²) in [4.78, 5) is 15.4. The smallest absolute Gasteiger partial charge is 0.306 e. The Labute approximate surface area is 141 Å². The lowest BCUT2D eigenvalue weighted by atomic mass is 9.77. The van der Waals surface area contributed by atoms with Crippen molar-refractivity contribution in [3.05, 3.63) is 36.0 Å². The number of nitrogens with zero attached hydrogens (tertiary/aromatic N) is 1. The van der Waals surface area contributed by atoms with E-state index in [4.69, 9.17) is 9.84 Å². The molecule has 1 heterocycles. The molecule has 3 atom stereocenters. The first-order valence-corrected chi connectivity index (χ1v) is 8.41. The fourth-order valence-electron chi connectivity index (χ4n) is 3.64. The molecular formula is C19H23NO4. The predicted molar refractivity (Wildman–Crippen MR) is 91.1 cm³/mol. The second kappa shape index (κ2) is 7.18.